The maximum absolute atomic E-state index is 12.1. The molecule has 0 radical (unpaired) electrons. The summed E-state index contributed by atoms with van der Waals surface area (Å²) in [5.74, 6) is 0. The number of anilines is 1. The van der Waals surface area contributed by atoms with Crippen molar-refractivity contribution in [3.63, 3.8) is 0 Å². The Bertz CT molecular complexity index is 814. The zero-order valence-electron chi connectivity index (χ0n) is 13.1. The van der Waals surface area contributed by atoms with Crippen molar-refractivity contribution in [1.82, 2.24) is 15.1 Å². The van der Waals surface area contributed by atoms with E-state index in [1.54, 1.807) is 10.9 Å². The SMILES string of the molecule is Cc1ccnn1-c1ccccc1NC(=O)NC[C@@H](O)c1ccsc1. The molecule has 0 saturated heterocycles. The van der Waals surface area contributed by atoms with Crippen LogP contribution in [0, 0.1) is 6.92 Å². The highest BCUT2D eigenvalue weighted by molar-refractivity contribution is 7.07. The van der Waals surface area contributed by atoms with Crippen LogP contribution in [0.3, 0.4) is 0 Å². The van der Waals surface area contributed by atoms with Gasteiger partial charge in [-0.05, 0) is 47.5 Å². The van der Waals surface area contributed by atoms with Gasteiger partial charge in [-0.3, -0.25) is 0 Å². The first-order valence-corrected chi connectivity index (χ1v) is 8.44. The molecule has 1 atom stereocenters. The lowest BCUT2D eigenvalue weighted by Crippen LogP contribution is -2.32. The van der Waals surface area contributed by atoms with Crippen LogP contribution >= 0.6 is 11.3 Å². The molecular formula is C17H18N4O2S. The summed E-state index contributed by atoms with van der Waals surface area (Å²) >= 11 is 1.51. The molecule has 2 aromatic heterocycles. The Morgan fingerprint density at radius 1 is 1.33 bits per heavy atom. The van der Waals surface area contributed by atoms with E-state index in [9.17, 15) is 9.90 Å². The first-order valence-electron chi connectivity index (χ1n) is 7.50. The number of para-hydroxylation sites is 2. The fraction of sp³-hybridized carbons (Fsp3) is 0.176. The highest BCUT2D eigenvalue weighted by atomic mass is 32.1. The molecule has 2 heterocycles. The summed E-state index contributed by atoms with van der Waals surface area (Å²) in [7, 11) is 0. The number of hydrogen-bond acceptors (Lipinski definition) is 4. The van der Waals surface area contributed by atoms with Crippen LogP contribution in [0.15, 0.2) is 53.4 Å². The summed E-state index contributed by atoms with van der Waals surface area (Å²) in [5.41, 5.74) is 3.20. The Labute approximate surface area is 143 Å². The maximum atomic E-state index is 12.1. The van der Waals surface area contributed by atoms with Crippen molar-refractivity contribution >= 4 is 23.1 Å². The molecule has 0 aliphatic carbocycles. The van der Waals surface area contributed by atoms with Crippen LogP contribution < -0.4 is 10.6 Å². The molecule has 0 aliphatic rings. The van der Waals surface area contributed by atoms with E-state index in [1.165, 1.54) is 11.3 Å². The molecule has 3 N–H and O–H groups in total. The number of carbonyl (C=O) groups excluding carboxylic acids is 1. The van der Waals surface area contributed by atoms with Gasteiger partial charge in [-0.25, -0.2) is 9.48 Å². The average molecular weight is 342 g/mol. The number of aryl methyl sites for hydroxylation is 1. The minimum atomic E-state index is -0.717. The van der Waals surface area contributed by atoms with Gasteiger partial charge in [0.25, 0.3) is 0 Å². The Balaban J connectivity index is 1.66. The predicted molar refractivity (Wildman–Crippen MR) is 94.6 cm³/mol. The Morgan fingerprint density at radius 2 is 2.17 bits per heavy atom. The zero-order valence-corrected chi connectivity index (χ0v) is 14.0. The van der Waals surface area contributed by atoms with E-state index in [2.05, 4.69) is 15.7 Å². The Kier molecular flexibility index (Phi) is 4.93. The van der Waals surface area contributed by atoms with Gasteiger partial charge >= 0.3 is 6.03 Å². The van der Waals surface area contributed by atoms with Crippen LogP contribution in [-0.4, -0.2) is 27.5 Å². The monoisotopic (exact) mass is 342 g/mol. The summed E-state index contributed by atoms with van der Waals surface area (Å²) in [6.07, 6.45) is 0.995. The normalized spacial score (nSPS) is 11.9. The minimum absolute atomic E-state index is 0.144. The number of thiophene rings is 1. The largest absolute Gasteiger partial charge is 0.387 e. The van der Waals surface area contributed by atoms with Crippen molar-refractivity contribution in [2.75, 3.05) is 11.9 Å². The molecule has 3 rings (SSSR count). The second-order valence-electron chi connectivity index (χ2n) is 5.31. The number of hydrogen-bond donors (Lipinski definition) is 3. The molecule has 2 amide bonds. The van der Waals surface area contributed by atoms with E-state index in [0.29, 0.717) is 5.69 Å². The number of rotatable bonds is 5. The molecule has 3 aromatic rings. The smallest absolute Gasteiger partial charge is 0.319 e. The molecule has 0 unspecified atom stereocenters. The van der Waals surface area contributed by atoms with Crippen molar-refractivity contribution in [2.45, 2.75) is 13.0 Å². The third kappa shape index (κ3) is 3.64. The molecule has 0 saturated carbocycles. The van der Waals surface area contributed by atoms with E-state index in [4.69, 9.17) is 0 Å². The standard InChI is InChI=1S/C17H18N4O2S/c1-12-6-8-19-21(12)15-5-3-2-4-14(15)20-17(23)18-10-16(22)13-7-9-24-11-13/h2-9,11,16,22H,10H2,1H3,(H2,18,20,23)/t16-/m1/s1. The van der Waals surface area contributed by atoms with Crippen molar-refractivity contribution in [3.05, 3.63) is 64.6 Å². The lowest BCUT2D eigenvalue weighted by Gasteiger charge is -2.14. The van der Waals surface area contributed by atoms with Crippen LogP contribution in [0.1, 0.15) is 17.4 Å². The van der Waals surface area contributed by atoms with Gasteiger partial charge in [-0.15, -0.1) is 0 Å². The molecule has 124 valence electrons. The van der Waals surface area contributed by atoms with E-state index >= 15 is 0 Å². The highest BCUT2D eigenvalue weighted by Crippen LogP contribution is 2.20. The van der Waals surface area contributed by atoms with Gasteiger partial charge in [-0.2, -0.15) is 16.4 Å². The Hall–Kier alpha value is -2.64. The van der Waals surface area contributed by atoms with Gasteiger partial charge in [0, 0.05) is 18.4 Å². The molecule has 7 heteroatoms. The first-order chi connectivity index (χ1) is 11.6. The van der Waals surface area contributed by atoms with Gasteiger partial charge < -0.3 is 15.7 Å². The number of aliphatic hydroxyl groups excluding tert-OH is 1. The van der Waals surface area contributed by atoms with Crippen LogP contribution in [0.5, 0.6) is 0 Å². The molecule has 24 heavy (non-hydrogen) atoms. The van der Waals surface area contributed by atoms with Crippen molar-refractivity contribution < 1.29 is 9.90 Å². The third-order valence-electron chi connectivity index (χ3n) is 3.60. The van der Waals surface area contributed by atoms with E-state index in [0.717, 1.165) is 16.9 Å². The number of aliphatic hydroxyl groups is 1. The summed E-state index contributed by atoms with van der Waals surface area (Å²) in [4.78, 5) is 12.1. The topological polar surface area (TPSA) is 79.2 Å². The van der Waals surface area contributed by atoms with E-state index in [-0.39, 0.29) is 12.6 Å². The van der Waals surface area contributed by atoms with Crippen LogP contribution in [0.4, 0.5) is 10.5 Å². The van der Waals surface area contributed by atoms with Crippen LogP contribution in [-0.2, 0) is 0 Å². The molecule has 6 nitrogen and oxygen atoms in total. The molecule has 1 aromatic carbocycles. The van der Waals surface area contributed by atoms with Crippen molar-refractivity contribution in [2.24, 2.45) is 0 Å². The first kappa shape index (κ1) is 16.2. The molecule has 0 fully saturated rings. The van der Waals surface area contributed by atoms with Gasteiger partial charge in [0.05, 0.1) is 17.5 Å². The van der Waals surface area contributed by atoms with Crippen LogP contribution in [0.25, 0.3) is 5.69 Å². The Morgan fingerprint density at radius 3 is 2.88 bits per heavy atom. The number of urea groups is 1. The number of amides is 2. The quantitative estimate of drug-likeness (QED) is 0.666. The number of nitrogens with one attached hydrogen (secondary N) is 2. The molecule has 0 bridgehead atoms. The summed E-state index contributed by atoms with van der Waals surface area (Å²) < 4.78 is 1.76. The van der Waals surface area contributed by atoms with Crippen molar-refractivity contribution in [1.29, 1.82) is 0 Å². The summed E-state index contributed by atoms with van der Waals surface area (Å²) in [6, 6.07) is 10.8. The number of benzene rings is 1. The fourth-order valence-corrected chi connectivity index (χ4v) is 3.03. The summed E-state index contributed by atoms with van der Waals surface area (Å²) in [6.45, 7) is 2.09. The second-order valence-corrected chi connectivity index (χ2v) is 6.09. The third-order valence-corrected chi connectivity index (χ3v) is 4.30. The van der Waals surface area contributed by atoms with Crippen molar-refractivity contribution in [3.8, 4) is 5.69 Å². The number of aromatic nitrogens is 2. The van der Waals surface area contributed by atoms with E-state index in [1.807, 2.05) is 54.1 Å². The lowest BCUT2D eigenvalue weighted by molar-refractivity contribution is 0.175. The fourth-order valence-electron chi connectivity index (χ4n) is 2.32. The lowest BCUT2D eigenvalue weighted by atomic mass is 10.2. The molecular weight excluding hydrogens is 324 g/mol. The van der Waals surface area contributed by atoms with Gasteiger partial charge in [0.2, 0.25) is 0 Å². The van der Waals surface area contributed by atoms with Gasteiger partial charge in [-0.1, -0.05) is 12.1 Å². The summed E-state index contributed by atoms with van der Waals surface area (Å²) in [5, 5.41) is 23.5. The van der Waals surface area contributed by atoms with E-state index < -0.39 is 6.10 Å². The highest BCUT2D eigenvalue weighted by Gasteiger charge is 2.12. The minimum Gasteiger partial charge on any atom is -0.387 e. The number of nitrogens with zero attached hydrogens (tertiary/aromatic N) is 2. The van der Waals surface area contributed by atoms with Gasteiger partial charge in [0.15, 0.2) is 0 Å². The predicted octanol–water partition coefficient (Wildman–Crippen LogP) is 3.10. The second kappa shape index (κ2) is 7.29. The maximum Gasteiger partial charge on any atom is 0.319 e. The van der Waals surface area contributed by atoms with Gasteiger partial charge in [0.1, 0.15) is 0 Å². The van der Waals surface area contributed by atoms with Crippen LogP contribution in [0.2, 0.25) is 0 Å². The molecule has 0 aliphatic heterocycles. The number of carbonyl (C=O) groups is 1. The molecule has 0 spiro atoms. The zero-order chi connectivity index (χ0) is 16.9. The average Bonchev–Trinajstić information content (AvgIpc) is 3.25.